The van der Waals surface area contributed by atoms with Crippen LogP contribution in [0.5, 0.6) is 0 Å². The molecule has 1 aliphatic rings. The maximum atomic E-state index is 9.92. The van der Waals surface area contributed by atoms with Gasteiger partial charge in [0.1, 0.15) is 5.50 Å². The molecule has 2 rings (SSSR count). The van der Waals surface area contributed by atoms with Gasteiger partial charge in [0, 0.05) is 0 Å². The fourth-order valence-electron chi connectivity index (χ4n) is 1.89. The molecule has 0 heterocycles. The first-order valence-electron chi connectivity index (χ1n) is 4.31. The Bertz CT molecular complexity index is 326. The second-order valence-electron chi connectivity index (χ2n) is 3.46. The Balaban J connectivity index is 2.49. The van der Waals surface area contributed by atoms with Crippen LogP contribution < -0.4 is 0 Å². The van der Waals surface area contributed by atoms with E-state index in [-0.39, 0.29) is 0 Å². The van der Waals surface area contributed by atoms with E-state index in [1.807, 2.05) is 12.1 Å². The van der Waals surface area contributed by atoms with Crippen LogP contribution in [0, 0.1) is 0 Å². The third kappa shape index (κ3) is 1.18. The summed E-state index contributed by atoms with van der Waals surface area (Å²) in [6, 6.07) is 7.31. The largest absolute Gasteiger partial charge is 0.490 e. The van der Waals surface area contributed by atoms with Crippen molar-refractivity contribution in [2.45, 2.75) is 18.3 Å². The minimum Gasteiger partial charge on any atom is -0.425 e. The normalized spacial score (nSPS) is 25.8. The van der Waals surface area contributed by atoms with Gasteiger partial charge in [-0.25, -0.2) is 0 Å². The van der Waals surface area contributed by atoms with Gasteiger partial charge in [-0.3, -0.25) is 0 Å². The van der Waals surface area contributed by atoms with Gasteiger partial charge in [0.25, 0.3) is 0 Å². The number of rotatable bonds is 1. The van der Waals surface area contributed by atoms with Crippen molar-refractivity contribution in [1.82, 2.24) is 0 Å². The van der Waals surface area contributed by atoms with Crippen LogP contribution in [0.25, 0.3) is 0 Å². The standard InChI is InChI=1S/C9H11BO3/c11-9(10(12)13)6-5-7-3-1-2-4-8(7)9/h1-4,11-13H,5-6H2. The van der Waals surface area contributed by atoms with Crippen LogP contribution in [0.2, 0.25) is 0 Å². The molecule has 1 aliphatic carbocycles. The van der Waals surface area contributed by atoms with Crippen LogP contribution in [0.4, 0.5) is 0 Å². The first kappa shape index (κ1) is 8.75. The summed E-state index contributed by atoms with van der Waals surface area (Å²) in [5, 5.41) is 28.0. The van der Waals surface area contributed by atoms with Crippen molar-refractivity contribution >= 4 is 7.12 Å². The molecule has 3 N–H and O–H groups in total. The molecule has 0 fully saturated rings. The fraction of sp³-hybridized carbons (Fsp3) is 0.333. The van der Waals surface area contributed by atoms with Crippen molar-refractivity contribution in [3.8, 4) is 0 Å². The Morgan fingerprint density at radius 1 is 1.23 bits per heavy atom. The molecule has 0 aliphatic heterocycles. The highest BCUT2D eigenvalue weighted by Crippen LogP contribution is 2.37. The summed E-state index contributed by atoms with van der Waals surface area (Å²) >= 11 is 0. The van der Waals surface area contributed by atoms with E-state index in [4.69, 9.17) is 10.0 Å². The van der Waals surface area contributed by atoms with Gasteiger partial charge in [-0.15, -0.1) is 0 Å². The van der Waals surface area contributed by atoms with Crippen LogP contribution in [0.15, 0.2) is 24.3 Å². The zero-order chi connectivity index (χ0) is 9.47. The van der Waals surface area contributed by atoms with Crippen molar-refractivity contribution in [2.24, 2.45) is 0 Å². The Morgan fingerprint density at radius 2 is 1.92 bits per heavy atom. The maximum absolute atomic E-state index is 9.92. The summed E-state index contributed by atoms with van der Waals surface area (Å²) in [5.41, 5.74) is 0.180. The van der Waals surface area contributed by atoms with Gasteiger partial charge in [-0.05, 0) is 24.0 Å². The number of aryl methyl sites for hydroxylation is 1. The van der Waals surface area contributed by atoms with Gasteiger partial charge in [0.05, 0.1) is 0 Å². The molecule has 0 saturated heterocycles. The van der Waals surface area contributed by atoms with Crippen LogP contribution >= 0.6 is 0 Å². The molecule has 3 nitrogen and oxygen atoms in total. The molecule has 0 radical (unpaired) electrons. The van der Waals surface area contributed by atoms with Crippen molar-refractivity contribution in [3.05, 3.63) is 35.4 Å². The second-order valence-corrected chi connectivity index (χ2v) is 3.46. The van der Waals surface area contributed by atoms with E-state index in [0.29, 0.717) is 18.4 Å². The summed E-state index contributed by atoms with van der Waals surface area (Å²) in [5.74, 6) is 0. The summed E-state index contributed by atoms with van der Waals surface area (Å²) in [6.07, 6.45) is 1.08. The third-order valence-electron chi connectivity index (χ3n) is 2.69. The molecule has 4 heteroatoms. The quantitative estimate of drug-likeness (QED) is 0.523. The van der Waals surface area contributed by atoms with Crippen LogP contribution in [-0.4, -0.2) is 22.3 Å². The molecule has 1 unspecified atom stereocenters. The van der Waals surface area contributed by atoms with E-state index in [0.717, 1.165) is 5.56 Å². The van der Waals surface area contributed by atoms with E-state index in [1.54, 1.807) is 12.1 Å². The molecule has 0 spiro atoms. The number of fused-ring (bicyclic) bond motifs is 1. The number of hydrogen-bond acceptors (Lipinski definition) is 3. The Kier molecular flexibility index (Phi) is 1.91. The van der Waals surface area contributed by atoms with Crippen molar-refractivity contribution in [3.63, 3.8) is 0 Å². The molecular formula is C9H11BO3. The second kappa shape index (κ2) is 2.84. The van der Waals surface area contributed by atoms with Crippen LogP contribution in [0.1, 0.15) is 17.5 Å². The monoisotopic (exact) mass is 178 g/mol. The summed E-state index contributed by atoms with van der Waals surface area (Å²) < 4.78 is 0. The fourth-order valence-corrected chi connectivity index (χ4v) is 1.89. The first-order valence-corrected chi connectivity index (χ1v) is 4.31. The molecular weight excluding hydrogens is 167 g/mol. The molecule has 0 bridgehead atoms. The highest BCUT2D eigenvalue weighted by Gasteiger charge is 2.46. The van der Waals surface area contributed by atoms with E-state index >= 15 is 0 Å². The molecule has 0 aromatic heterocycles. The summed E-state index contributed by atoms with van der Waals surface area (Å²) in [7, 11) is -1.70. The molecule has 0 saturated carbocycles. The first-order chi connectivity index (χ1) is 6.14. The van der Waals surface area contributed by atoms with Gasteiger partial charge in [0.15, 0.2) is 0 Å². The zero-order valence-corrected chi connectivity index (χ0v) is 7.14. The average Bonchev–Trinajstić information content (AvgIpc) is 2.47. The smallest absolute Gasteiger partial charge is 0.425 e. The Morgan fingerprint density at radius 3 is 2.62 bits per heavy atom. The zero-order valence-electron chi connectivity index (χ0n) is 7.14. The SMILES string of the molecule is OB(O)C1(O)CCc2ccccc21. The molecule has 1 atom stereocenters. The molecule has 1 aromatic rings. The third-order valence-corrected chi connectivity index (χ3v) is 2.69. The van der Waals surface area contributed by atoms with Crippen molar-refractivity contribution < 1.29 is 15.2 Å². The Labute approximate surface area is 76.8 Å². The lowest BCUT2D eigenvalue weighted by molar-refractivity contribution is 0.0822. The molecule has 1 aromatic carbocycles. The highest BCUT2D eigenvalue weighted by atomic mass is 16.4. The van der Waals surface area contributed by atoms with Crippen LogP contribution in [0.3, 0.4) is 0 Å². The lowest BCUT2D eigenvalue weighted by atomic mass is 9.65. The number of benzene rings is 1. The molecule has 0 amide bonds. The minimum atomic E-state index is -1.70. The van der Waals surface area contributed by atoms with Crippen molar-refractivity contribution in [1.29, 1.82) is 0 Å². The van der Waals surface area contributed by atoms with Crippen molar-refractivity contribution in [2.75, 3.05) is 0 Å². The van der Waals surface area contributed by atoms with Gasteiger partial charge in [-0.2, -0.15) is 0 Å². The minimum absolute atomic E-state index is 0.379. The Hall–Kier alpha value is -0.835. The molecule has 68 valence electrons. The maximum Gasteiger partial charge on any atom is 0.490 e. The van der Waals surface area contributed by atoms with Gasteiger partial charge < -0.3 is 15.2 Å². The topological polar surface area (TPSA) is 60.7 Å². The average molecular weight is 178 g/mol. The summed E-state index contributed by atoms with van der Waals surface area (Å²) in [6.45, 7) is 0. The molecule has 13 heavy (non-hydrogen) atoms. The van der Waals surface area contributed by atoms with E-state index in [1.165, 1.54) is 0 Å². The number of hydrogen-bond donors (Lipinski definition) is 3. The van der Waals surface area contributed by atoms with Gasteiger partial charge >= 0.3 is 7.12 Å². The predicted molar refractivity (Wildman–Crippen MR) is 48.9 cm³/mol. The van der Waals surface area contributed by atoms with E-state index in [9.17, 15) is 5.11 Å². The predicted octanol–water partition coefficient (Wildman–Crippen LogP) is -0.168. The van der Waals surface area contributed by atoms with Crippen LogP contribution in [-0.2, 0) is 11.9 Å². The van der Waals surface area contributed by atoms with E-state index < -0.39 is 12.6 Å². The highest BCUT2D eigenvalue weighted by molar-refractivity contribution is 6.45. The lowest BCUT2D eigenvalue weighted by Crippen LogP contribution is -2.41. The number of aliphatic hydroxyl groups is 1. The summed E-state index contributed by atoms with van der Waals surface area (Å²) in [4.78, 5) is 0. The van der Waals surface area contributed by atoms with Gasteiger partial charge in [-0.1, -0.05) is 24.3 Å². The van der Waals surface area contributed by atoms with E-state index in [2.05, 4.69) is 0 Å². The lowest BCUT2D eigenvalue weighted by Gasteiger charge is -2.22. The van der Waals surface area contributed by atoms with Gasteiger partial charge in [0.2, 0.25) is 0 Å².